The Labute approximate surface area is 239 Å². The topological polar surface area (TPSA) is 161 Å². The van der Waals surface area contributed by atoms with Crippen LogP contribution in [0.4, 0.5) is 23.5 Å². The Morgan fingerprint density at radius 1 is 0.707 bits per heavy atom. The van der Waals surface area contributed by atoms with Gasteiger partial charge in [0, 0.05) is 49.8 Å². The monoisotopic (exact) mass is 557 g/mol. The number of aromatic nitrogens is 4. The molecule has 41 heavy (non-hydrogen) atoms. The Kier molecular flexibility index (Phi) is 11.8. The van der Waals surface area contributed by atoms with Crippen LogP contribution < -0.4 is 27.0 Å². The average Bonchev–Trinajstić information content (AvgIpc) is 3.01. The van der Waals surface area contributed by atoms with Crippen molar-refractivity contribution in [3.63, 3.8) is 0 Å². The van der Waals surface area contributed by atoms with Gasteiger partial charge in [-0.05, 0) is 47.5 Å². The maximum absolute atomic E-state index is 12.5. The molecule has 0 aliphatic rings. The van der Waals surface area contributed by atoms with Crippen LogP contribution in [0.3, 0.4) is 0 Å². The van der Waals surface area contributed by atoms with Crippen LogP contribution in [-0.2, 0) is 22.6 Å². The van der Waals surface area contributed by atoms with Crippen LogP contribution in [0.5, 0.6) is 0 Å². The van der Waals surface area contributed by atoms with Gasteiger partial charge in [-0.2, -0.15) is 15.0 Å². The van der Waals surface area contributed by atoms with Gasteiger partial charge < -0.3 is 36.5 Å². The summed E-state index contributed by atoms with van der Waals surface area (Å²) in [5.41, 5.74) is 8.77. The van der Waals surface area contributed by atoms with E-state index >= 15 is 0 Å². The summed E-state index contributed by atoms with van der Waals surface area (Å²) in [5.74, 6) is 1.01. The number of carbonyl (C=O) groups excluding carboxylic acids is 1. The molecule has 0 spiro atoms. The third kappa shape index (κ3) is 10.4. The number of pyridine rings is 1. The summed E-state index contributed by atoms with van der Waals surface area (Å²) in [4.78, 5) is 30.1. The minimum Gasteiger partial charge on any atom is -0.378 e. The number of benzene rings is 2. The zero-order valence-corrected chi connectivity index (χ0v) is 22.8. The quantitative estimate of drug-likeness (QED) is 0.121. The lowest BCUT2D eigenvalue weighted by molar-refractivity contribution is 0.0511. The third-order valence-corrected chi connectivity index (χ3v) is 5.70. The summed E-state index contributed by atoms with van der Waals surface area (Å²) in [6, 6.07) is 20.9. The molecule has 0 radical (unpaired) electrons. The average molecular weight is 558 g/mol. The molecule has 1 amide bonds. The van der Waals surface area contributed by atoms with E-state index in [9.17, 15) is 4.79 Å². The van der Waals surface area contributed by atoms with Gasteiger partial charge in [-0.15, -0.1) is 0 Å². The van der Waals surface area contributed by atoms with E-state index in [2.05, 4.69) is 41.2 Å². The van der Waals surface area contributed by atoms with Crippen LogP contribution >= 0.6 is 0 Å². The maximum Gasteiger partial charge on any atom is 0.251 e. The zero-order chi connectivity index (χ0) is 28.5. The first kappa shape index (κ1) is 29.3. The van der Waals surface area contributed by atoms with Crippen LogP contribution in [0, 0.1) is 0 Å². The molecule has 0 saturated heterocycles. The van der Waals surface area contributed by atoms with E-state index in [1.54, 1.807) is 36.7 Å². The van der Waals surface area contributed by atoms with Gasteiger partial charge in [0.2, 0.25) is 17.8 Å². The fourth-order valence-electron chi connectivity index (χ4n) is 3.63. The smallest absolute Gasteiger partial charge is 0.251 e. The Hall–Kier alpha value is -4.65. The first-order valence-corrected chi connectivity index (χ1v) is 13.4. The number of hydrogen-bond donors (Lipinski definition) is 5. The molecule has 12 heteroatoms. The summed E-state index contributed by atoms with van der Waals surface area (Å²) < 4.78 is 10.7. The van der Waals surface area contributed by atoms with Gasteiger partial charge >= 0.3 is 0 Å². The summed E-state index contributed by atoms with van der Waals surface area (Å²) in [5, 5.41) is 12.6. The highest BCUT2D eigenvalue weighted by molar-refractivity contribution is 5.94. The first-order chi connectivity index (χ1) is 20.2. The molecular weight excluding hydrogens is 522 g/mol. The number of carbonyl (C=O) groups is 1. The largest absolute Gasteiger partial charge is 0.378 e. The van der Waals surface area contributed by atoms with Crippen LogP contribution in [0.2, 0.25) is 0 Å². The van der Waals surface area contributed by atoms with Crippen molar-refractivity contribution in [2.24, 2.45) is 5.73 Å². The molecule has 12 nitrogen and oxygen atoms in total. The molecule has 0 aliphatic heterocycles. The van der Waals surface area contributed by atoms with Gasteiger partial charge in [-0.1, -0.05) is 30.3 Å². The predicted octanol–water partition coefficient (Wildman–Crippen LogP) is 2.96. The minimum absolute atomic E-state index is 0.185. The molecule has 0 bridgehead atoms. The van der Waals surface area contributed by atoms with Gasteiger partial charge in [0.1, 0.15) is 0 Å². The van der Waals surface area contributed by atoms with Gasteiger partial charge in [-0.25, -0.2) is 0 Å². The van der Waals surface area contributed by atoms with Gasteiger partial charge in [-0.3, -0.25) is 9.78 Å². The maximum atomic E-state index is 12.5. The van der Waals surface area contributed by atoms with Crippen molar-refractivity contribution in [2.75, 3.05) is 55.5 Å². The van der Waals surface area contributed by atoms with Crippen LogP contribution in [0.15, 0.2) is 79.1 Å². The number of hydrogen-bond acceptors (Lipinski definition) is 11. The zero-order valence-electron chi connectivity index (χ0n) is 22.8. The number of nitrogens with zero attached hydrogens (tertiary/aromatic N) is 4. The molecule has 0 atom stereocenters. The normalized spacial score (nSPS) is 10.7. The Morgan fingerprint density at radius 3 is 1.98 bits per heavy atom. The van der Waals surface area contributed by atoms with Crippen LogP contribution in [0.25, 0.3) is 0 Å². The number of nitrogens with two attached hydrogens (primary N) is 1. The first-order valence-electron chi connectivity index (χ1n) is 13.4. The molecule has 4 aromatic rings. The van der Waals surface area contributed by atoms with E-state index in [1.807, 2.05) is 42.5 Å². The van der Waals surface area contributed by atoms with Gasteiger partial charge in [0.05, 0.1) is 26.4 Å². The van der Waals surface area contributed by atoms with E-state index < -0.39 is 0 Å². The number of rotatable bonds is 17. The number of nitrogens with one attached hydrogen (secondary N) is 4. The van der Waals surface area contributed by atoms with E-state index in [4.69, 9.17) is 15.2 Å². The third-order valence-electron chi connectivity index (χ3n) is 5.70. The second-order valence-electron chi connectivity index (χ2n) is 8.83. The molecule has 0 saturated carbocycles. The van der Waals surface area contributed by atoms with Gasteiger partial charge in [0.15, 0.2) is 0 Å². The van der Waals surface area contributed by atoms with E-state index in [0.717, 1.165) is 16.8 Å². The molecule has 0 fully saturated rings. The number of ether oxygens (including phenoxy) is 2. The fourth-order valence-corrected chi connectivity index (χ4v) is 3.63. The lowest BCUT2D eigenvalue weighted by Gasteiger charge is -2.12. The summed E-state index contributed by atoms with van der Waals surface area (Å²) in [7, 11) is 0. The molecule has 2 aromatic heterocycles. The molecule has 2 aromatic carbocycles. The van der Waals surface area contributed by atoms with Crippen LogP contribution in [0.1, 0.15) is 21.5 Å². The fraction of sp³-hybridized carbons (Fsp3) is 0.276. The lowest BCUT2D eigenvalue weighted by Crippen LogP contribution is -2.27. The lowest BCUT2D eigenvalue weighted by atomic mass is 10.2. The Morgan fingerprint density at radius 2 is 1.32 bits per heavy atom. The molecular formula is C29H35N9O3. The van der Waals surface area contributed by atoms with Crippen molar-refractivity contribution in [3.05, 3.63) is 95.8 Å². The van der Waals surface area contributed by atoms with Crippen molar-refractivity contribution < 1.29 is 14.3 Å². The van der Waals surface area contributed by atoms with Crippen molar-refractivity contribution in [3.8, 4) is 0 Å². The number of anilines is 4. The van der Waals surface area contributed by atoms with Crippen molar-refractivity contribution in [2.45, 2.75) is 13.1 Å². The van der Waals surface area contributed by atoms with E-state index in [1.165, 1.54) is 0 Å². The summed E-state index contributed by atoms with van der Waals surface area (Å²) >= 11 is 0. The second kappa shape index (κ2) is 16.5. The standard InChI is InChI=1S/C29H35N9O3/c30-12-16-40-18-19-41-17-15-32-26(39)24-6-8-25(9-7-24)35-29-37-27(33-20-22-4-2-1-3-5-22)36-28(38-29)34-21-23-10-13-31-14-11-23/h1-11,13-14H,12,15-21,30H2,(H,32,39)(H3,33,34,35,36,37,38). The second-order valence-corrected chi connectivity index (χ2v) is 8.83. The summed E-state index contributed by atoms with van der Waals surface area (Å²) in [6.07, 6.45) is 3.48. The molecule has 4 rings (SSSR count). The van der Waals surface area contributed by atoms with Crippen molar-refractivity contribution >= 4 is 29.4 Å². The summed E-state index contributed by atoms with van der Waals surface area (Å²) in [6.45, 7) is 3.81. The molecule has 0 aliphatic carbocycles. The molecule has 2 heterocycles. The van der Waals surface area contributed by atoms with E-state index in [-0.39, 0.29) is 5.91 Å². The Balaban J connectivity index is 1.34. The molecule has 0 unspecified atom stereocenters. The SMILES string of the molecule is NCCOCCOCCNC(=O)c1ccc(Nc2nc(NCc3ccccc3)nc(NCc3ccncc3)n2)cc1. The van der Waals surface area contributed by atoms with Crippen molar-refractivity contribution in [1.82, 2.24) is 25.3 Å². The van der Waals surface area contributed by atoms with Crippen molar-refractivity contribution in [1.29, 1.82) is 0 Å². The van der Waals surface area contributed by atoms with E-state index in [0.29, 0.717) is 76.0 Å². The highest BCUT2D eigenvalue weighted by Gasteiger charge is 2.09. The molecule has 214 valence electrons. The van der Waals surface area contributed by atoms with Gasteiger partial charge in [0.25, 0.3) is 5.91 Å². The van der Waals surface area contributed by atoms with Crippen LogP contribution in [-0.4, -0.2) is 65.4 Å². The highest BCUT2D eigenvalue weighted by atomic mass is 16.5. The number of amides is 1. The molecule has 6 N–H and O–H groups in total. The Bertz CT molecular complexity index is 1260. The predicted molar refractivity (Wildman–Crippen MR) is 158 cm³/mol. The minimum atomic E-state index is -0.185. The highest BCUT2D eigenvalue weighted by Crippen LogP contribution is 2.18.